The van der Waals surface area contributed by atoms with Gasteiger partial charge >= 0.3 is 0 Å². The Bertz CT molecular complexity index is 605. The molecule has 0 bridgehead atoms. The van der Waals surface area contributed by atoms with Gasteiger partial charge in [-0.15, -0.1) is 0 Å². The maximum absolute atomic E-state index is 14.1. The zero-order valence-electron chi connectivity index (χ0n) is 13.6. The first-order chi connectivity index (χ1) is 10.3. The van der Waals surface area contributed by atoms with Crippen LogP contribution in [0, 0.1) is 24.6 Å². The van der Waals surface area contributed by atoms with E-state index in [9.17, 15) is 9.50 Å². The Morgan fingerprint density at radius 3 is 2.82 bits per heavy atom. The normalized spacial score (nSPS) is 15.4. The molecular formula is C18H22FO3. The largest absolute Gasteiger partial charge is 0.490 e. The van der Waals surface area contributed by atoms with E-state index in [1.54, 1.807) is 0 Å². The highest BCUT2D eigenvalue weighted by molar-refractivity contribution is 5.52. The van der Waals surface area contributed by atoms with E-state index in [0.717, 1.165) is 24.0 Å². The molecule has 0 fully saturated rings. The van der Waals surface area contributed by atoms with Crippen LogP contribution in [0.3, 0.4) is 0 Å². The van der Waals surface area contributed by atoms with Gasteiger partial charge in [0.2, 0.25) is 0 Å². The summed E-state index contributed by atoms with van der Waals surface area (Å²) < 4.78 is 25.1. The molecule has 1 aromatic carbocycles. The van der Waals surface area contributed by atoms with Gasteiger partial charge in [-0.3, -0.25) is 0 Å². The second-order valence-corrected chi connectivity index (χ2v) is 6.45. The van der Waals surface area contributed by atoms with Gasteiger partial charge in [-0.25, -0.2) is 9.50 Å². The monoisotopic (exact) mass is 305 g/mol. The summed E-state index contributed by atoms with van der Waals surface area (Å²) in [5, 5.41) is 11.2. The van der Waals surface area contributed by atoms with Crippen LogP contribution in [-0.4, -0.2) is 24.9 Å². The molecule has 1 aliphatic heterocycles. The Labute approximate surface area is 131 Å². The second-order valence-electron chi connectivity index (χ2n) is 6.45. The van der Waals surface area contributed by atoms with Crippen LogP contribution < -0.4 is 4.74 Å². The zero-order chi connectivity index (χ0) is 16.3. The standard InChI is InChI=1S/C18H22FO3/c1-12-13(7-8-14(11-20)22-18(2,3)4)10-16(19)17-15(12)6-5-9-21-17/h10,14H,5-6,9,11H2,1-4H3/t14-/m0/s1. The molecule has 1 heterocycles. The van der Waals surface area contributed by atoms with Gasteiger partial charge in [-0.1, -0.05) is 11.8 Å². The highest BCUT2D eigenvalue weighted by Crippen LogP contribution is 2.32. The Morgan fingerprint density at radius 2 is 2.18 bits per heavy atom. The molecule has 0 aliphatic carbocycles. The minimum Gasteiger partial charge on any atom is -0.490 e. The first-order valence-electron chi connectivity index (χ1n) is 7.54. The highest BCUT2D eigenvalue weighted by atomic mass is 19.1. The average molecular weight is 305 g/mol. The number of benzene rings is 1. The topological polar surface area (TPSA) is 38.4 Å². The smallest absolute Gasteiger partial charge is 0.166 e. The number of fused-ring (bicyclic) bond motifs is 1. The van der Waals surface area contributed by atoms with Crippen molar-refractivity contribution in [3.63, 3.8) is 0 Å². The van der Waals surface area contributed by atoms with Crippen LogP contribution in [0.4, 0.5) is 4.39 Å². The van der Waals surface area contributed by atoms with Crippen molar-refractivity contribution in [3.05, 3.63) is 28.6 Å². The van der Waals surface area contributed by atoms with Crippen molar-refractivity contribution in [1.29, 1.82) is 0 Å². The zero-order valence-corrected chi connectivity index (χ0v) is 13.6. The van der Waals surface area contributed by atoms with Gasteiger partial charge in [-0.2, -0.15) is 0 Å². The number of hydrogen-bond acceptors (Lipinski definition) is 2. The van der Waals surface area contributed by atoms with Crippen LogP contribution >= 0.6 is 0 Å². The summed E-state index contributed by atoms with van der Waals surface area (Å²) in [6, 6.07) is 1.38. The van der Waals surface area contributed by atoms with E-state index >= 15 is 0 Å². The van der Waals surface area contributed by atoms with Crippen molar-refractivity contribution in [2.24, 2.45) is 0 Å². The molecule has 0 aromatic heterocycles. The maximum atomic E-state index is 14.1. The van der Waals surface area contributed by atoms with Crippen molar-refractivity contribution in [1.82, 2.24) is 0 Å². The number of hydrogen-bond donors (Lipinski definition) is 0. The minimum absolute atomic E-state index is 0.348. The summed E-state index contributed by atoms with van der Waals surface area (Å²) in [7, 11) is 0. The molecule has 22 heavy (non-hydrogen) atoms. The molecular weight excluding hydrogens is 283 g/mol. The van der Waals surface area contributed by atoms with Gasteiger partial charge in [0.25, 0.3) is 0 Å². The molecule has 0 unspecified atom stereocenters. The van der Waals surface area contributed by atoms with Crippen molar-refractivity contribution < 1.29 is 19.0 Å². The molecule has 0 saturated carbocycles. The summed E-state index contributed by atoms with van der Waals surface area (Å²) in [4.78, 5) is 0. The molecule has 1 aromatic rings. The van der Waals surface area contributed by atoms with E-state index < -0.39 is 18.3 Å². The Balaban J connectivity index is 2.31. The molecule has 4 heteroatoms. The molecule has 1 radical (unpaired) electrons. The summed E-state index contributed by atoms with van der Waals surface area (Å²) in [5.74, 6) is 5.69. The van der Waals surface area contributed by atoms with Crippen molar-refractivity contribution in [2.75, 3.05) is 13.2 Å². The predicted octanol–water partition coefficient (Wildman–Crippen LogP) is 3.42. The first kappa shape index (κ1) is 16.8. The molecule has 2 rings (SSSR count). The number of ether oxygens (including phenoxy) is 2. The van der Waals surface area contributed by atoms with Gasteiger partial charge in [0.15, 0.2) is 11.6 Å². The van der Waals surface area contributed by atoms with Gasteiger partial charge in [0.1, 0.15) is 12.7 Å². The fourth-order valence-electron chi connectivity index (χ4n) is 2.48. The van der Waals surface area contributed by atoms with Crippen LogP contribution in [0.15, 0.2) is 6.07 Å². The van der Waals surface area contributed by atoms with Gasteiger partial charge in [-0.05, 0) is 52.2 Å². The number of halogens is 1. The van der Waals surface area contributed by atoms with Crippen LogP contribution in [0.25, 0.3) is 0 Å². The third kappa shape index (κ3) is 4.00. The SMILES string of the molecule is Cc1c(C#C[C@@H](C[O])OC(C)(C)C)cc(F)c2c1CCCO2. The second kappa shape index (κ2) is 6.68. The van der Waals surface area contributed by atoms with Crippen molar-refractivity contribution in [2.45, 2.75) is 52.2 Å². The molecule has 0 N–H and O–H groups in total. The van der Waals surface area contributed by atoms with Gasteiger partial charge < -0.3 is 9.47 Å². The summed E-state index contributed by atoms with van der Waals surface area (Å²) in [5.41, 5.74) is 1.96. The van der Waals surface area contributed by atoms with Crippen molar-refractivity contribution >= 4 is 0 Å². The Morgan fingerprint density at radius 1 is 1.45 bits per heavy atom. The third-order valence-corrected chi connectivity index (χ3v) is 3.45. The van der Waals surface area contributed by atoms with E-state index in [-0.39, 0.29) is 5.82 Å². The quantitative estimate of drug-likeness (QED) is 0.785. The fraction of sp³-hybridized carbons (Fsp3) is 0.556. The van der Waals surface area contributed by atoms with E-state index in [4.69, 9.17) is 9.47 Å². The molecule has 3 nitrogen and oxygen atoms in total. The lowest BCUT2D eigenvalue weighted by Gasteiger charge is -2.22. The lowest BCUT2D eigenvalue weighted by atomic mass is 9.96. The Hall–Kier alpha value is -1.57. The summed E-state index contributed by atoms with van der Waals surface area (Å²) in [6.07, 6.45) is 0.965. The lowest BCUT2D eigenvalue weighted by Crippen LogP contribution is -2.28. The third-order valence-electron chi connectivity index (χ3n) is 3.45. The summed E-state index contributed by atoms with van der Waals surface area (Å²) >= 11 is 0. The molecule has 0 spiro atoms. The predicted molar refractivity (Wildman–Crippen MR) is 82.0 cm³/mol. The molecule has 1 aliphatic rings. The lowest BCUT2D eigenvalue weighted by molar-refractivity contribution is -0.0643. The van der Waals surface area contributed by atoms with E-state index in [2.05, 4.69) is 11.8 Å². The van der Waals surface area contributed by atoms with Crippen LogP contribution in [0.2, 0.25) is 0 Å². The van der Waals surface area contributed by atoms with E-state index in [1.807, 2.05) is 27.7 Å². The maximum Gasteiger partial charge on any atom is 0.166 e. The molecule has 1 atom stereocenters. The van der Waals surface area contributed by atoms with Crippen LogP contribution in [0.1, 0.15) is 43.9 Å². The fourth-order valence-corrected chi connectivity index (χ4v) is 2.48. The highest BCUT2D eigenvalue weighted by Gasteiger charge is 2.20. The van der Waals surface area contributed by atoms with Gasteiger partial charge in [0.05, 0.1) is 12.2 Å². The van der Waals surface area contributed by atoms with Crippen molar-refractivity contribution in [3.8, 4) is 17.6 Å². The van der Waals surface area contributed by atoms with E-state index in [0.29, 0.717) is 17.9 Å². The summed E-state index contributed by atoms with van der Waals surface area (Å²) in [6.45, 7) is 7.63. The first-order valence-corrected chi connectivity index (χ1v) is 7.54. The van der Waals surface area contributed by atoms with Crippen LogP contribution in [0.5, 0.6) is 5.75 Å². The average Bonchev–Trinajstić information content (AvgIpc) is 2.47. The molecule has 0 saturated heterocycles. The Kier molecular flexibility index (Phi) is 5.10. The minimum atomic E-state index is -0.699. The number of rotatable bonds is 2. The van der Waals surface area contributed by atoms with Gasteiger partial charge in [0, 0.05) is 11.1 Å². The molecule has 119 valence electrons. The molecule has 0 amide bonds. The van der Waals surface area contributed by atoms with E-state index in [1.165, 1.54) is 6.07 Å². The van der Waals surface area contributed by atoms with Crippen LogP contribution in [-0.2, 0) is 16.3 Å².